The number of nitrogens with zero attached hydrogens (tertiary/aromatic N) is 1. The van der Waals surface area contributed by atoms with E-state index < -0.39 is 5.91 Å². The molecule has 4 rings (SSSR count). The van der Waals surface area contributed by atoms with E-state index in [0.717, 1.165) is 4.70 Å². The van der Waals surface area contributed by atoms with Crippen LogP contribution in [0.5, 0.6) is 0 Å². The lowest BCUT2D eigenvalue weighted by molar-refractivity contribution is -0.114. The number of nitrogens with one attached hydrogen (secondary N) is 2. The highest BCUT2D eigenvalue weighted by Gasteiger charge is 2.16. The first kappa shape index (κ1) is 19.4. The highest BCUT2D eigenvalue weighted by atomic mass is 35.5. The molecule has 0 unspecified atom stereocenters. The van der Waals surface area contributed by atoms with Crippen LogP contribution in [0.25, 0.3) is 21.5 Å². The molecule has 6 nitrogen and oxygen atoms in total. The molecule has 9 heteroatoms. The van der Waals surface area contributed by atoms with E-state index in [1.165, 1.54) is 18.3 Å². The number of amides is 2. The van der Waals surface area contributed by atoms with Gasteiger partial charge in [-0.25, -0.2) is 4.98 Å². The van der Waals surface area contributed by atoms with Crippen molar-refractivity contribution in [2.75, 3.05) is 10.6 Å². The van der Waals surface area contributed by atoms with Gasteiger partial charge in [-0.3, -0.25) is 14.9 Å². The third-order valence-corrected chi connectivity index (χ3v) is 5.45. The van der Waals surface area contributed by atoms with E-state index in [2.05, 4.69) is 15.6 Å². The molecule has 0 fully saturated rings. The minimum absolute atomic E-state index is 0.120. The zero-order valence-corrected chi connectivity index (χ0v) is 17.3. The van der Waals surface area contributed by atoms with E-state index in [1.54, 1.807) is 48.5 Å². The number of thiazole rings is 1. The average molecular weight is 446 g/mol. The maximum atomic E-state index is 12.5. The van der Waals surface area contributed by atoms with Crippen molar-refractivity contribution in [3.8, 4) is 11.3 Å². The monoisotopic (exact) mass is 445 g/mol. The first-order valence-electron chi connectivity index (χ1n) is 8.44. The van der Waals surface area contributed by atoms with Crippen LogP contribution in [0.2, 0.25) is 10.0 Å². The number of fused-ring (bicyclic) bond motifs is 1. The van der Waals surface area contributed by atoms with Crippen molar-refractivity contribution in [2.24, 2.45) is 0 Å². The minimum Gasteiger partial charge on any atom is -0.451 e. The lowest BCUT2D eigenvalue weighted by Gasteiger charge is -2.02. The standard InChI is InChI=1S/C20H13Cl2N3O3S/c1-10(26)23-12-3-5-15-18(9-12)29-20(24-15)25-19(27)17-7-6-16(28-17)13-8-11(21)2-4-14(13)22/h2-9H,1H3,(H,23,26)(H,24,25,27). The molecule has 0 radical (unpaired) electrons. The van der Waals surface area contributed by atoms with Gasteiger partial charge in [-0.15, -0.1) is 0 Å². The number of hydrogen-bond donors (Lipinski definition) is 2. The van der Waals surface area contributed by atoms with Gasteiger partial charge in [0.05, 0.1) is 15.2 Å². The summed E-state index contributed by atoms with van der Waals surface area (Å²) in [4.78, 5) is 28.1. The summed E-state index contributed by atoms with van der Waals surface area (Å²) in [6.45, 7) is 1.44. The quantitative estimate of drug-likeness (QED) is 0.398. The van der Waals surface area contributed by atoms with E-state index in [-0.39, 0.29) is 11.7 Å². The van der Waals surface area contributed by atoms with Gasteiger partial charge in [0.25, 0.3) is 5.91 Å². The Balaban J connectivity index is 1.54. The van der Waals surface area contributed by atoms with Crippen LogP contribution in [0.1, 0.15) is 17.5 Å². The predicted octanol–water partition coefficient (Wildman–Crippen LogP) is 6.07. The molecule has 2 aromatic carbocycles. The number of anilines is 2. The number of aromatic nitrogens is 1. The number of halogens is 2. The minimum atomic E-state index is -0.435. The lowest BCUT2D eigenvalue weighted by atomic mass is 10.2. The van der Waals surface area contributed by atoms with Crippen molar-refractivity contribution >= 4 is 67.4 Å². The Morgan fingerprint density at radius 3 is 2.66 bits per heavy atom. The van der Waals surface area contributed by atoms with Gasteiger partial charge in [0.2, 0.25) is 5.91 Å². The summed E-state index contributed by atoms with van der Waals surface area (Å²) < 4.78 is 6.48. The fourth-order valence-corrected chi connectivity index (χ4v) is 3.99. The Morgan fingerprint density at radius 2 is 1.86 bits per heavy atom. The fraction of sp³-hybridized carbons (Fsp3) is 0.0500. The maximum Gasteiger partial charge on any atom is 0.293 e. The Kier molecular flexibility index (Phi) is 5.27. The molecule has 0 saturated carbocycles. The third-order valence-electron chi connectivity index (χ3n) is 3.95. The van der Waals surface area contributed by atoms with Gasteiger partial charge in [-0.2, -0.15) is 0 Å². The number of carbonyl (C=O) groups excluding carboxylic acids is 2. The van der Waals surface area contributed by atoms with Gasteiger partial charge in [0.1, 0.15) is 5.76 Å². The van der Waals surface area contributed by atoms with E-state index >= 15 is 0 Å². The number of hydrogen-bond acceptors (Lipinski definition) is 5. The second-order valence-corrected chi connectivity index (χ2v) is 8.00. The molecule has 2 N–H and O–H groups in total. The van der Waals surface area contributed by atoms with Crippen molar-refractivity contribution in [2.45, 2.75) is 6.92 Å². The molecule has 2 heterocycles. The van der Waals surface area contributed by atoms with Gasteiger partial charge in [-0.1, -0.05) is 34.5 Å². The summed E-state index contributed by atoms with van der Waals surface area (Å²) in [5, 5.41) is 6.85. The van der Waals surface area contributed by atoms with Crippen molar-refractivity contribution in [3.63, 3.8) is 0 Å². The molecule has 0 aliphatic rings. The summed E-state index contributed by atoms with van der Waals surface area (Å²) in [6, 6.07) is 13.6. The van der Waals surface area contributed by atoms with E-state index in [0.29, 0.717) is 37.7 Å². The fourth-order valence-electron chi connectivity index (χ4n) is 2.71. The summed E-state index contributed by atoms with van der Waals surface area (Å²) >= 11 is 13.5. The van der Waals surface area contributed by atoms with E-state index in [9.17, 15) is 9.59 Å². The van der Waals surface area contributed by atoms with Crippen LogP contribution in [0, 0.1) is 0 Å². The Labute approximate surface area is 179 Å². The second-order valence-electron chi connectivity index (χ2n) is 6.12. The van der Waals surface area contributed by atoms with Crippen LogP contribution in [0.4, 0.5) is 10.8 Å². The molecule has 0 aliphatic heterocycles. The molecule has 4 aromatic rings. The van der Waals surface area contributed by atoms with Gasteiger partial charge < -0.3 is 9.73 Å². The summed E-state index contributed by atoms with van der Waals surface area (Å²) in [7, 11) is 0. The zero-order valence-electron chi connectivity index (χ0n) is 15.0. The van der Waals surface area contributed by atoms with Crippen molar-refractivity contribution in [3.05, 3.63) is 64.3 Å². The first-order valence-corrected chi connectivity index (χ1v) is 10.0. The summed E-state index contributed by atoms with van der Waals surface area (Å²) in [5.74, 6) is -0.0347. The highest BCUT2D eigenvalue weighted by molar-refractivity contribution is 7.22. The van der Waals surface area contributed by atoms with Gasteiger partial charge >= 0.3 is 0 Å². The molecule has 0 bridgehead atoms. The molecule has 29 heavy (non-hydrogen) atoms. The Bertz CT molecular complexity index is 1250. The Hall–Kier alpha value is -2.87. The summed E-state index contributed by atoms with van der Waals surface area (Å²) in [5.41, 5.74) is 1.98. The maximum absolute atomic E-state index is 12.5. The van der Waals surface area contributed by atoms with Crippen LogP contribution in [0.3, 0.4) is 0 Å². The number of furan rings is 1. The number of benzene rings is 2. The first-order chi connectivity index (χ1) is 13.9. The van der Waals surface area contributed by atoms with Gasteiger partial charge in [0, 0.05) is 23.2 Å². The lowest BCUT2D eigenvalue weighted by Crippen LogP contribution is -2.10. The van der Waals surface area contributed by atoms with Crippen molar-refractivity contribution < 1.29 is 14.0 Å². The van der Waals surface area contributed by atoms with Crippen LogP contribution in [0.15, 0.2) is 52.9 Å². The molecule has 2 aromatic heterocycles. The molecular formula is C20H13Cl2N3O3S. The van der Waals surface area contributed by atoms with Crippen molar-refractivity contribution in [1.82, 2.24) is 4.98 Å². The highest BCUT2D eigenvalue weighted by Crippen LogP contribution is 2.33. The molecule has 2 amide bonds. The van der Waals surface area contributed by atoms with Crippen LogP contribution < -0.4 is 10.6 Å². The average Bonchev–Trinajstić information content (AvgIpc) is 3.29. The molecule has 0 saturated heterocycles. The van der Waals surface area contributed by atoms with E-state index in [1.807, 2.05) is 0 Å². The molecule has 0 aliphatic carbocycles. The van der Waals surface area contributed by atoms with Crippen molar-refractivity contribution in [1.29, 1.82) is 0 Å². The largest absolute Gasteiger partial charge is 0.451 e. The van der Waals surface area contributed by atoms with Crippen LogP contribution in [-0.4, -0.2) is 16.8 Å². The van der Waals surface area contributed by atoms with E-state index in [4.69, 9.17) is 27.6 Å². The van der Waals surface area contributed by atoms with Crippen LogP contribution in [-0.2, 0) is 4.79 Å². The topological polar surface area (TPSA) is 84.2 Å². The third kappa shape index (κ3) is 4.27. The van der Waals surface area contributed by atoms with Gasteiger partial charge in [-0.05, 0) is 48.5 Å². The second kappa shape index (κ2) is 7.87. The van der Waals surface area contributed by atoms with Crippen LogP contribution >= 0.6 is 34.5 Å². The molecule has 0 atom stereocenters. The normalized spacial score (nSPS) is 10.9. The Morgan fingerprint density at radius 1 is 1.03 bits per heavy atom. The zero-order chi connectivity index (χ0) is 20.5. The van der Waals surface area contributed by atoms with Gasteiger partial charge in [0.15, 0.2) is 10.9 Å². The smallest absolute Gasteiger partial charge is 0.293 e. The summed E-state index contributed by atoms with van der Waals surface area (Å²) in [6.07, 6.45) is 0. The molecule has 146 valence electrons. The molecule has 0 spiro atoms. The SMILES string of the molecule is CC(=O)Nc1ccc2nc(NC(=O)c3ccc(-c4cc(Cl)ccc4Cl)o3)sc2c1. The number of rotatable bonds is 4. The molecular weight excluding hydrogens is 433 g/mol. The number of carbonyl (C=O) groups is 2. The predicted molar refractivity (Wildman–Crippen MR) is 116 cm³/mol.